The average molecular weight is 278 g/mol. The van der Waals surface area contributed by atoms with Gasteiger partial charge in [0.05, 0.1) is 7.11 Å². The van der Waals surface area contributed by atoms with Crippen molar-refractivity contribution in [2.45, 2.75) is 17.8 Å². The van der Waals surface area contributed by atoms with Gasteiger partial charge < -0.3 is 10.6 Å². The maximum absolute atomic E-state index is 11.6. The van der Waals surface area contributed by atoms with E-state index in [0.29, 0.717) is 10.9 Å². The van der Waals surface area contributed by atoms with Crippen LogP contribution in [0.15, 0.2) is 34.2 Å². The maximum Gasteiger partial charge on any atom is 0.294 e. The number of nitrogens with two attached hydrogens (primary N) is 1. The largest absolute Gasteiger partial charge is 0.497 e. The van der Waals surface area contributed by atoms with Crippen LogP contribution in [0, 0.1) is 6.92 Å². The predicted molar refractivity (Wildman–Crippen MR) is 73.7 cm³/mol. The molecular formula is C12H14N4O2S. The highest BCUT2D eigenvalue weighted by Gasteiger charge is 2.07. The number of benzene rings is 1. The molecule has 0 saturated carbocycles. The summed E-state index contributed by atoms with van der Waals surface area (Å²) >= 11 is 1.36. The van der Waals surface area contributed by atoms with Crippen molar-refractivity contribution < 1.29 is 4.74 Å². The Morgan fingerprint density at radius 2 is 2.00 bits per heavy atom. The van der Waals surface area contributed by atoms with Gasteiger partial charge in [0.1, 0.15) is 11.4 Å². The fraction of sp³-hybridized carbons (Fsp3) is 0.250. The van der Waals surface area contributed by atoms with E-state index in [1.807, 2.05) is 24.3 Å². The zero-order valence-electron chi connectivity index (χ0n) is 10.7. The Balaban J connectivity index is 2.10. The fourth-order valence-corrected chi connectivity index (χ4v) is 2.25. The van der Waals surface area contributed by atoms with Gasteiger partial charge in [-0.2, -0.15) is 4.68 Å². The predicted octanol–water partition coefficient (Wildman–Crippen LogP) is 0.961. The summed E-state index contributed by atoms with van der Waals surface area (Å²) in [6.45, 7) is 1.58. The molecule has 6 nitrogen and oxygen atoms in total. The van der Waals surface area contributed by atoms with E-state index in [0.717, 1.165) is 16.0 Å². The van der Waals surface area contributed by atoms with Crippen LogP contribution in [-0.2, 0) is 5.75 Å². The molecule has 0 aliphatic heterocycles. The van der Waals surface area contributed by atoms with E-state index in [-0.39, 0.29) is 11.3 Å². The van der Waals surface area contributed by atoms with Gasteiger partial charge >= 0.3 is 0 Å². The van der Waals surface area contributed by atoms with Gasteiger partial charge in [-0.15, -0.1) is 10.2 Å². The summed E-state index contributed by atoms with van der Waals surface area (Å²) < 4.78 is 6.11. The van der Waals surface area contributed by atoms with Crippen molar-refractivity contribution in [3.63, 3.8) is 0 Å². The molecule has 0 bridgehead atoms. The third-order valence-corrected chi connectivity index (χ3v) is 3.56. The summed E-state index contributed by atoms with van der Waals surface area (Å²) in [5.41, 5.74) is 1.05. The molecule has 0 radical (unpaired) electrons. The van der Waals surface area contributed by atoms with Crippen LogP contribution in [0.3, 0.4) is 0 Å². The molecule has 1 aromatic heterocycles. The third-order valence-electron chi connectivity index (χ3n) is 2.55. The normalized spacial score (nSPS) is 10.4. The van der Waals surface area contributed by atoms with E-state index in [2.05, 4.69) is 10.2 Å². The number of rotatable bonds is 4. The Morgan fingerprint density at radius 3 is 2.63 bits per heavy atom. The monoisotopic (exact) mass is 278 g/mol. The van der Waals surface area contributed by atoms with Gasteiger partial charge in [-0.25, -0.2) is 0 Å². The Labute approximate surface area is 114 Å². The van der Waals surface area contributed by atoms with E-state index >= 15 is 0 Å². The van der Waals surface area contributed by atoms with Crippen molar-refractivity contribution in [2.75, 3.05) is 13.0 Å². The molecule has 0 unspecified atom stereocenters. The summed E-state index contributed by atoms with van der Waals surface area (Å²) in [5, 5.41) is 8.08. The first-order valence-corrected chi connectivity index (χ1v) is 6.57. The molecule has 1 heterocycles. The zero-order valence-corrected chi connectivity index (χ0v) is 11.5. The molecule has 2 aromatic rings. The molecule has 0 spiro atoms. The molecular weight excluding hydrogens is 264 g/mol. The molecule has 100 valence electrons. The van der Waals surface area contributed by atoms with Gasteiger partial charge in [0, 0.05) is 5.75 Å². The van der Waals surface area contributed by atoms with Crippen molar-refractivity contribution >= 4 is 11.8 Å². The number of hydrogen-bond acceptors (Lipinski definition) is 6. The highest BCUT2D eigenvalue weighted by atomic mass is 32.2. The molecule has 0 amide bonds. The van der Waals surface area contributed by atoms with Gasteiger partial charge in [-0.3, -0.25) is 4.79 Å². The first kappa shape index (κ1) is 13.4. The lowest BCUT2D eigenvalue weighted by Crippen LogP contribution is -2.32. The molecule has 0 aliphatic rings. The Morgan fingerprint density at radius 1 is 1.32 bits per heavy atom. The molecule has 2 N–H and O–H groups in total. The average Bonchev–Trinajstić information content (AvgIpc) is 2.45. The van der Waals surface area contributed by atoms with Crippen molar-refractivity contribution in [3.8, 4) is 5.75 Å². The summed E-state index contributed by atoms with van der Waals surface area (Å²) in [7, 11) is 1.62. The number of ether oxygens (including phenoxy) is 1. The number of nitrogens with zero attached hydrogens (tertiary/aromatic N) is 3. The van der Waals surface area contributed by atoms with Gasteiger partial charge in [0.25, 0.3) is 5.56 Å². The van der Waals surface area contributed by atoms with Gasteiger partial charge in [0.2, 0.25) is 5.16 Å². The summed E-state index contributed by atoms with van der Waals surface area (Å²) in [4.78, 5) is 11.6. The van der Waals surface area contributed by atoms with Crippen molar-refractivity contribution in [1.82, 2.24) is 14.9 Å². The Hall–Kier alpha value is -2.02. The van der Waals surface area contributed by atoms with Crippen LogP contribution in [0.4, 0.5) is 0 Å². The molecule has 0 aliphatic carbocycles. The minimum absolute atomic E-state index is 0.288. The van der Waals surface area contributed by atoms with Crippen molar-refractivity contribution in [3.05, 3.63) is 45.9 Å². The second kappa shape index (κ2) is 5.75. The lowest BCUT2D eigenvalue weighted by Gasteiger charge is -2.06. The Bertz CT molecular complexity index is 625. The van der Waals surface area contributed by atoms with E-state index in [4.69, 9.17) is 10.6 Å². The molecule has 0 atom stereocenters. The number of hydrogen-bond donors (Lipinski definition) is 1. The van der Waals surface area contributed by atoms with Crippen LogP contribution < -0.4 is 16.1 Å². The highest BCUT2D eigenvalue weighted by Crippen LogP contribution is 2.20. The number of thioether (sulfide) groups is 1. The number of aryl methyl sites for hydroxylation is 1. The lowest BCUT2D eigenvalue weighted by molar-refractivity contribution is 0.414. The van der Waals surface area contributed by atoms with Gasteiger partial charge in [-0.05, 0) is 24.6 Å². The smallest absolute Gasteiger partial charge is 0.294 e. The minimum atomic E-state index is -0.327. The van der Waals surface area contributed by atoms with Crippen LogP contribution in [0.5, 0.6) is 5.75 Å². The van der Waals surface area contributed by atoms with Crippen molar-refractivity contribution in [2.24, 2.45) is 0 Å². The number of aromatic nitrogens is 3. The first-order valence-electron chi connectivity index (χ1n) is 5.59. The van der Waals surface area contributed by atoms with Crippen LogP contribution in [0.1, 0.15) is 11.3 Å². The molecule has 7 heteroatoms. The second-order valence-corrected chi connectivity index (χ2v) is 4.82. The zero-order chi connectivity index (χ0) is 13.8. The van der Waals surface area contributed by atoms with E-state index < -0.39 is 0 Å². The second-order valence-electron chi connectivity index (χ2n) is 3.88. The molecule has 2 rings (SSSR count). The van der Waals surface area contributed by atoms with E-state index in [9.17, 15) is 4.79 Å². The van der Waals surface area contributed by atoms with Crippen LogP contribution in [-0.4, -0.2) is 22.0 Å². The highest BCUT2D eigenvalue weighted by molar-refractivity contribution is 7.98. The molecule has 0 fully saturated rings. The third kappa shape index (κ3) is 3.05. The molecule has 0 saturated heterocycles. The SMILES string of the molecule is COc1ccc(CSc2nnc(C)c(=O)n2N)cc1. The quantitative estimate of drug-likeness (QED) is 0.662. The first-order chi connectivity index (χ1) is 9.11. The maximum atomic E-state index is 11.6. The fourth-order valence-electron chi connectivity index (χ4n) is 1.44. The van der Waals surface area contributed by atoms with Crippen molar-refractivity contribution in [1.29, 1.82) is 0 Å². The van der Waals surface area contributed by atoms with Gasteiger partial charge in [0.15, 0.2) is 0 Å². The van der Waals surface area contributed by atoms with Gasteiger partial charge in [-0.1, -0.05) is 23.9 Å². The lowest BCUT2D eigenvalue weighted by atomic mass is 10.2. The summed E-state index contributed by atoms with van der Waals surface area (Å²) in [5.74, 6) is 7.11. The Kier molecular flexibility index (Phi) is 4.06. The van der Waals surface area contributed by atoms with Crippen LogP contribution in [0.25, 0.3) is 0 Å². The van der Waals surface area contributed by atoms with E-state index in [1.165, 1.54) is 11.8 Å². The standard InChI is InChI=1S/C12H14N4O2S/c1-8-11(17)16(13)12(15-14-8)19-7-9-3-5-10(18-2)6-4-9/h3-6H,7,13H2,1-2H3. The molecule has 1 aromatic carbocycles. The number of nitrogen functional groups attached to an aromatic ring is 1. The van der Waals surface area contributed by atoms with Crippen LogP contribution in [0.2, 0.25) is 0 Å². The minimum Gasteiger partial charge on any atom is -0.497 e. The van der Waals surface area contributed by atoms with E-state index in [1.54, 1.807) is 14.0 Å². The topological polar surface area (TPSA) is 83.0 Å². The summed E-state index contributed by atoms with van der Waals surface area (Å²) in [6.07, 6.45) is 0. The summed E-state index contributed by atoms with van der Waals surface area (Å²) in [6, 6.07) is 7.66. The number of methoxy groups -OCH3 is 1. The molecule has 19 heavy (non-hydrogen) atoms. The van der Waals surface area contributed by atoms with Crippen LogP contribution >= 0.6 is 11.8 Å².